The van der Waals surface area contributed by atoms with Gasteiger partial charge in [0.25, 0.3) is 0 Å². The van der Waals surface area contributed by atoms with Crippen molar-refractivity contribution in [2.75, 3.05) is 0 Å². The van der Waals surface area contributed by atoms with Crippen LogP contribution in [-0.2, 0) is 4.79 Å². The lowest BCUT2D eigenvalue weighted by Crippen LogP contribution is -2.41. The molecule has 0 saturated heterocycles. The first-order valence-corrected chi connectivity index (χ1v) is 4.34. The van der Waals surface area contributed by atoms with Crippen molar-refractivity contribution in [2.45, 2.75) is 45.1 Å². The highest BCUT2D eigenvalue weighted by Crippen LogP contribution is 2.10. The highest BCUT2D eigenvalue weighted by Gasteiger charge is 2.19. The van der Waals surface area contributed by atoms with E-state index in [4.69, 9.17) is 5.73 Å². The van der Waals surface area contributed by atoms with E-state index in [0.29, 0.717) is 6.42 Å². The van der Waals surface area contributed by atoms with Gasteiger partial charge in [0.2, 0.25) is 5.91 Å². The molecule has 1 amide bonds. The molecule has 13 heavy (non-hydrogen) atoms. The molecule has 0 aliphatic heterocycles. The summed E-state index contributed by atoms with van der Waals surface area (Å²) >= 11 is 0. The minimum absolute atomic E-state index is 0.250. The van der Waals surface area contributed by atoms with E-state index in [-0.39, 0.29) is 18.7 Å². The van der Waals surface area contributed by atoms with Gasteiger partial charge in [0.05, 0.1) is 0 Å². The summed E-state index contributed by atoms with van der Waals surface area (Å²) in [5.74, 6) is -0.301. The molecule has 2 unspecified atom stereocenters. The Bertz CT molecular complexity index is 171. The van der Waals surface area contributed by atoms with E-state index in [1.165, 1.54) is 6.92 Å². The van der Waals surface area contributed by atoms with Crippen molar-refractivity contribution in [3.05, 3.63) is 0 Å². The predicted octanol–water partition coefficient (Wildman–Crippen LogP) is -0.722. The van der Waals surface area contributed by atoms with E-state index >= 15 is 0 Å². The number of carbonyl (C=O) groups excluding carboxylic acids is 1. The molecule has 5 heteroatoms. The minimum atomic E-state index is -1.25. The molecule has 0 aromatic carbocycles. The molecule has 0 aromatic heterocycles. The monoisotopic (exact) mass is 190 g/mol. The summed E-state index contributed by atoms with van der Waals surface area (Å²) < 4.78 is 0. The van der Waals surface area contributed by atoms with Crippen LogP contribution in [0.25, 0.3) is 0 Å². The second kappa shape index (κ2) is 5.16. The smallest absolute Gasteiger partial charge is 0.218 e. The fourth-order valence-electron chi connectivity index (χ4n) is 0.870. The summed E-state index contributed by atoms with van der Waals surface area (Å²) in [4.78, 5) is 10.5. The zero-order chi connectivity index (χ0) is 10.5. The second-order valence-electron chi connectivity index (χ2n) is 3.21. The quantitative estimate of drug-likeness (QED) is 0.430. The normalized spacial score (nSPS) is 17.6. The average Bonchev–Trinajstić information content (AvgIpc) is 2.00. The Morgan fingerprint density at radius 1 is 1.69 bits per heavy atom. The Kier molecular flexibility index (Phi) is 4.90. The van der Waals surface area contributed by atoms with Gasteiger partial charge in [-0.05, 0) is 19.3 Å². The number of amides is 1. The minimum Gasteiger partial charge on any atom is -0.376 e. The molecule has 2 atom stereocenters. The van der Waals surface area contributed by atoms with Gasteiger partial charge in [0.1, 0.15) is 12.0 Å². The van der Waals surface area contributed by atoms with Crippen LogP contribution < -0.4 is 11.1 Å². The highest BCUT2D eigenvalue weighted by atomic mass is 16.3. The number of nitrogens with one attached hydrogen (secondary N) is 1. The van der Waals surface area contributed by atoms with E-state index in [1.54, 1.807) is 6.92 Å². The van der Waals surface area contributed by atoms with Crippen LogP contribution in [0.2, 0.25) is 0 Å². The van der Waals surface area contributed by atoms with Crippen molar-refractivity contribution in [1.82, 2.24) is 5.32 Å². The topological polar surface area (TPSA) is 95.6 Å². The molecule has 0 bridgehead atoms. The number of rotatable bonds is 5. The lowest BCUT2D eigenvalue weighted by molar-refractivity contribution is -0.122. The van der Waals surface area contributed by atoms with Crippen LogP contribution >= 0.6 is 0 Å². The van der Waals surface area contributed by atoms with Crippen molar-refractivity contribution in [3.8, 4) is 0 Å². The lowest BCUT2D eigenvalue weighted by atomic mass is 10.1. The third-order valence-electron chi connectivity index (χ3n) is 1.83. The molecule has 0 rings (SSSR count). The Balaban J connectivity index is 3.69. The fraction of sp³-hybridized carbons (Fsp3) is 0.875. The van der Waals surface area contributed by atoms with Crippen molar-refractivity contribution in [1.29, 1.82) is 0 Å². The summed E-state index contributed by atoms with van der Waals surface area (Å²) in [6.45, 7) is 3.07. The SMILES string of the molecule is CCC(N)(O)CCC(O)NC(C)=O. The summed E-state index contributed by atoms with van der Waals surface area (Å²) in [5.41, 5.74) is 4.18. The Morgan fingerprint density at radius 3 is 2.62 bits per heavy atom. The summed E-state index contributed by atoms with van der Waals surface area (Å²) in [5, 5.41) is 20.8. The van der Waals surface area contributed by atoms with Crippen LogP contribution in [0, 0.1) is 0 Å². The molecule has 0 heterocycles. The van der Waals surface area contributed by atoms with E-state index < -0.39 is 12.0 Å². The Morgan fingerprint density at radius 2 is 2.23 bits per heavy atom. The molecule has 0 aliphatic rings. The molecule has 0 spiro atoms. The maximum absolute atomic E-state index is 10.5. The number of carbonyl (C=O) groups is 1. The summed E-state index contributed by atoms with van der Waals surface area (Å²) in [7, 11) is 0. The van der Waals surface area contributed by atoms with Crippen molar-refractivity contribution >= 4 is 5.91 Å². The van der Waals surface area contributed by atoms with Crippen LogP contribution in [0.4, 0.5) is 0 Å². The van der Waals surface area contributed by atoms with Gasteiger partial charge in [-0.3, -0.25) is 4.79 Å². The maximum atomic E-state index is 10.5. The third kappa shape index (κ3) is 6.51. The second-order valence-corrected chi connectivity index (χ2v) is 3.21. The lowest BCUT2D eigenvalue weighted by Gasteiger charge is -2.22. The highest BCUT2D eigenvalue weighted by molar-refractivity contribution is 5.72. The van der Waals surface area contributed by atoms with Crippen LogP contribution in [-0.4, -0.2) is 28.1 Å². The van der Waals surface area contributed by atoms with Crippen molar-refractivity contribution in [3.63, 3.8) is 0 Å². The molecule has 5 N–H and O–H groups in total. The molecule has 0 fully saturated rings. The molecule has 0 radical (unpaired) electrons. The molecule has 78 valence electrons. The third-order valence-corrected chi connectivity index (χ3v) is 1.83. The molecular formula is C8H18N2O3. The Hall–Kier alpha value is -0.650. The summed E-state index contributed by atoms with van der Waals surface area (Å²) in [6.07, 6.45) is -0.00958. The first-order chi connectivity index (χ1) is 5.87. The average molecular weight is 190 g/mol. The van der Waals surface area contributed by atoms with Gasteiger partial charge in [-0.25, -0.2) is 0 Å². The fourth-order valence-corrected chi connectivity index (χ4v) is 0.870. The standard InChI is InChI=1S/C8H18N2O3/c1-3-8(9,13)5-4-7(12)10-6(2)11/h7,12-13H,3-5,9H2,1-2H3,(H,10,11). The van der Waals surface area contributed by atoms with Gasteiger partial charge in [0, 0.05) is 6.92 Å². The van der Waals surface area contributed by atoms with Gasteiger partial charge in [-0.1, -0.05) is 6.92 Å². The summed E-state index contributed by atoms with van der Waals surface area (Å²) in [6, 6.07) is 0. The van der Waals surface area contributed by atoms with E-state index in [0.717, 1.165) is 0 Å². The molecule has 0 aliphatic carbocycles. The van der Waals surface area contributed by atoms with Gasteiger partial charge < -0.3 is 21.3 Å². The van der Waals surface area contributed by atoms with Crippen molar-refractivity contribution < 1.29 is 15.0 Å². The van der Waals surface area contributed by atoms with E-state index in [1.807, 2.05) is 0 Å². The zero-order valence-corrected chi connectivity index (χ0v) is 8.08. The first-order valence-electron chi connectivity index (χ1n) is 4.34. The number of nitrogens with two attached hydrogens (primary N) is 1. The van der Waals surface area contributed by atoms with Gasteiger partial charge in [0.15, 0.2) is 0 Å². The van der Waals surface area contributed by atoms with Crippen LogP contribution in [0.3, 0.4) is 0 Å². The van der Waals surface area contributed by atoms with Crippen molar-refractivity contribution in [2.24, 2.45) is 5.73 Å². The molecule has 0 saturated carbocycles. The first kappa shape index (κ1) is 12.3. The van der Waals surface area contributed by atoms with E-state index in [9.17, 15) is 15.0 Å². The molecule has 5 nitrogen and oxygen atoms in total. The number of aliphatic hydroxyl groups is 2. The van der Waals surface area contributed by atoms with Crippen LogP contribution in [0.1, 0.15) is 33.1 Å². The largest absolute Gasteiger partial charge is 0.376 e. The number of hydrogen-bond donors (Lipinski definition) is 4. The molecule has 0 aromatic rings. The van der Waals surface area contributed by atoms with Crippen LogP contribution in [0.15, 0.2) is 0 Å². The van der Waals surface area contributed by atoms with Crippen LogP contribution in [0.5, 0.6) is 0 Å². The number of aliphatic hydroxyl groups excluding tert-OH is 1. The molecular weight excluding hydrogens is 172 g/mol. The van der Waals surface area contributed by atoms with Gasteiger partial charge in [-0.15, -0.1) is 0 Å². The maximum Gasteiger partial charge on any atom is 0.218 e. The zero-order valence-electron chi connectivity index (χ0n) is 8.08. The van der Waals surface area contributed by atoms with E-state index in [2.05, 4.69) is 5.32 Å². The number of hydrogen-bond acceptors (Lipinski definition) is 4. The van der Waals surface area contributed by atoms with Gasteiger partial charge >= 0.3 is 0 Å². The predicted molar refractivity (Wildman–Crippen MR) is 48.5 cm³/mol. The van der Waals surface area contributed by atoms with Gasteiger partial charge in [-0.2, -0.15) is 0 Å². The Labute approximate surface area is 77.9 Å².